The van der Waals surface area contributed by atoms with Gasteiger partial charge >= 0.3 is 0 Å². The van der Waals surface area contributed by atoms with Gasteiger partial charge in [-0.05, 0) is 61.4 Å². The average Bonchev–Trinajstić information content (AvgIpc) is 2.70. The van der Waals surface area contributed by atoms with E-state index in [1.807, 2.05) is 0 Å². The van der Waals surface area contributed by atoms with Gasteiger partial charge in [0.05, 0.1) is 5.41 Å². The van der Waals surface area contributed by atoms with Crippen LogP contribution in [0.15, 0.2) is 48.5 Å². The fourth-order valence-electron chi connectivity index (χ4n) is 2.99. The summed E-state index contributed by atoms with van der Waals surface area (Å²) in [6.07, 6.45) is 1.23. The number of hydrogen-bond donors (Lipinski definition) is 3. The van der Waals surface area contributed by atoms with Gasteiger partial charge in [0.25, 0.3) is 5.91 Å². The molecule has 1 aliphatic rings. The molecule has 0 unspecified atom stereocenters. The maximum Gasteiger partial charge on any atom is 0.255 e. The predicted octanol–water partition coefficient (Wildman–Crippen LogP) is 3.71. The molecule has 0 aromatic heterocycles. The van der Waals surface area contributed by atoms with Crippen molar-refractivity contribution in [2.45, 2.75) is 12.8 Å². The van der Waals surface area contributed by atoms with Crippen molar-refractivity contribution in [3.8, 4) is 0 Å². The van der Waals surface area contributed by atoms with Crippen molar-refractivity contribution in [3.63, 3.8) is 0 Å². The van der Waals surface area contributed by atoms with Crippen LogP contribution in [-0.2, 0) is 9.53 Å². The molecule has 2 aromatic carbocycles. The number of carbonyl (C=O) groups is 2. The first-order valence-corrected chi connectivity index (χ1v) is 9.16. The van der Waals surface area contributed by atoms with Gasteiger partial charge in [0.15, 0.2) is 0 Å². The van der Waals surface area contributed by atoms with Crippen LogP contribution in [0.2, 0.25) is 5.02 Å². The van der Waals surface area contributed by atoms with Crippen LogP contribution in [0.5, 0.6) is 0 Å². The minimum absolute atomic E-state index is 0. The molecule has 0 bridgehead atoms. The highest BCUT2D eigenvalue weighted by Crippen LogP contribution is 2.31. The lowest BCUT2D eigenvalue weighted by Gasteiger charge is -2.34. The van der Waals surface area contributed by atoms with Crippen LogP contribution in [0.3, 0.4) is 0 Å². The molecule has 28 heavy (non-hydrogen) atoms. The van der Waals surface area contributed by atoms with Crippen molar-refractivity contribution in [3.05, 3.63) is 59.1 Å². The zero-order chi connectivity index (χ0) is 19.3. The van der Waals surface area contributed by atoms with Gasteiger partial charge in [-0.1, -0.05) is 11.6 Å². The Morgan fingerprint density at radius 1 is 0.964 bits per heavy atom. The number of rotatable bonds is 5. The Kier molecular flexibility index (Phi) is 7.83. The fourth-order valence-corrected chi connectivity index (χ4v) is 3.12. The van der Waals surface area contributed by atoms with Crippen LogP contribution in [0, 0.1) is 5.41 Å². The Balaban J connectivity index is 0.00000280. The summed E-state index contributed by atoms with van der Waals surface area (Å²) in [7, 11) is 0. The van der Waals surface area contributed by atoms with Crippen molar-refractivity contribution in [2.75, 3.05) is 30.4 Å². The number of nitrogens with one attached hydrogen (secondary N) is 2. The third-order valence-corrected chi connectivity index (χ3v) is 5.08. The minimum Gasteiger partial charge on any atom is -0.381 e. The minimum atomic E-state index is -0.584. The van der Waals surface area contributed by atoms with Crippen LogP contribution in [-0.4, -0.2) is 31.6 Å². The molecule has 2 aromatic rings. The molecule has 0 saturated carbocycles. The van der Waals surface area contributed by atoms with Crippen molar-refractivity contribution in [2.24, 2.45) is 11.1 Å². The molecule has 6 nitrogen and oxygen atoms in total. The summed E-state index contributed by atoms with van der Waals surface area (Å²) in [5.41, 5.74) is 7.08. The maximum atomic E-state index is 12.7. The highest BCUT2D eigenvalue weighted by Gasteiger charge is 2.38. The van der Waals surface area contributed by atoms with Gasteiger partial charge in [-0.3, -0.25) is 9.59 Å². The topological polar surface area (TPSA) is 93.5 Å². The Labute approximate surface area is 175 Å². The smallest absolute Gasteiger partial charge is 0.255 e. The molecular weight excluding hydrogens is 401 g/mol. The second-order valence-corrected chi connectivity index (χ2v) is 7.03. The number of benzene rings is 2. The largest absolute Gasteiger partial charge is 0.381 e. The average molecular weight is 424 g/mol. The standard InChI is InChI=1S/C20H22ClN3O3.ClH/c21-15-3-1-14(2-4-15)18(25)23-16-5-7-17(8-6-16)24-19(26)20(13-22)9-11-27-12-10-20;/h1-8H,9-13,22H2,(H,23,25)(H,24,26);1H. The molecule has 0 atom stereocenters. The van der Waals surface area contributed by atoms with E-state index in [1.165, 1.54) is 0 Å². The molecule has 1 aliphatic heterocycles. The molecule has 1 heterocycles. The molecule has 1 saturated heterocycles. The van der Waals surface area contributed by atoms with Gasteiger partial charge in [0.2, 0.25) is 5.91 Å². The van der Waals surface area contributed by atoms with Crippen LogP contribution in [0.25, 0.3) is 0 Å². The summed E-state index contributed by atoms with van der Waals surface area (Å²) in [4.78, 5) is 24.9. The lowest BCUT2D eigenvalue weighted by Crippen LogP contribution is -2.46. The molecule has 0 spiro atoms. The Morgan fingerprint density at radius 3 is 2.04 bits per heavy atom. The van der Waals surface area contributed by atoms with Gasteiger partial charge in [0, 0.05) is 41.7 Å². The van der Waals surface area contributed by atoms with Crippen LogP contribution in [0.1, 0.15) is 23.2 Å². The first-order chi connectivity index (χ1) is 13.0. The second-order valence-electron chi connectivity index (χ2n) is 6.59. The number of anilines is 2. The van der Waals surface area contributed by atoms with Crippen LogP contribution < -0.4 is 16.4 Å². The molecule has 4 N–H and O–H groups in total. The van der Waals surface area contributed by atoms with Crippen molar-refractivity contribution in [1.82, 2.24) is 0 Å². The third-order valence-electron chi connectivity index (χ3n) is 4.83. The van der Waals surface area contributed by atoms with E-state index in [2.05, 4.69) is 10.6 Å². The van der Waals surface area contributed by atoms with Crippen LogP contribution in [0.4, 0.5) is 11.4 Å². The summed E-state index contributed by atoms with van der Waals surface area (Å²) in [5, 5.41) is 6.30. The highest BCUT2D eigenvalue weighted by atomic mass is 35.5. The monoisotopic (exact) mass is 423 g/mol. The molecule has 150 valence electrons. The van der Waals surface area contributed by atoms with Crippen molar-refractivity contribution >= 4 is 47.2 Å². The van der Waals surface area contributed by atoms with Crippen molar-refractivity contribution < 1.29 is 14.3 Å². The van der Waals surface area contributed by atoms with E-state index in [0.29, 0.717) is 48.0 Å². The number of halogens is 2. The summed E-state index contributed by atoms with van der Waals surface area (Å²) >= 11 is 5.83. The number of ether oxygens (including phenoxy) is 1. The lowest BCUT2D eigenvalue weighted by molar-refractivity contribution is -0.130. The number of nitrogens with two attached hydrogens (primary N) is 1. The first-order valence-electron chi connectivity index (χ1n) is 8.79. The molecule has 2 amide bonds. The van der Waals surface area contributed by atoms with E-state index < -0.39 is 5.41 Å². The van der Waals surface area contributed by atoms with Crippen LogP contribution >= 0.6 is 24.0 Å². The number of amides is 2. The zero-order valence-electron chi connectivity index (χ0n) is 15.2. The predicted molar refractivity (Wildman–Crippen MR) is 113 cm³/mol. The molecule has 0 radical (unpaired) electrons. The van der Waals surface area contributed by atoms with E-state index in [4.69, 9.17) is 22.1 Å². The lowest BCUT2D eigenvalue weighted by atomic mass is 9.79. The molecular formula is C20H23Cl2N3O3. The fraction of sp³-hybridized carbons (Fsp3) is 0.300. The van der Waals surface area contributed by atoms with Crippen molar-refractivity contribution in [1.29, 1.82) is 0 Å². The van der Waals surface area contributed by atoms with Gasteiger partial charge in [0.1, 0.15) is 0 Å². The summed E-state index contributed by atoms with van der Waals surface area (Å²) in [6.45, 7) is 1.37. The summed E-state index contributed by atoms with van der Waals surface area (Å²) < 4.78 is 5.34. The normalized spacial score (nSPS) is 15.2. The highest BCUT2D eigenvalue weighted by molar-refractivity contribution is 6.30. The Bertz CT molecular complexity index is 804. The van der Waals surface area contributed by atoms with Gasteiger partial charge < -0.3 is 21.1 Å². The molecule has 3 rings (SSSR count). The van der Waals surface area contributed by atoms with E-state index in [-0.39, 0.29) is 30.8 Å². The molecule has 1 fully saturated rings. The SMILES string of the molecule is Cl.NCC1(C(=O)Nc2ccc(NC(=O)c3ccc(Cl)cc3)cc2)CCOCC1. The van der Waals surface area contributed by atoms with E-state index >= 15 is 0 Å². The number of hydrogen-bond acceptors (Lipinski definition) is 4. The second kappa shape index (κ2) is 9.89. The molecule has 8 heteroatoms. The quantitative estimate of drug-likeness (QED) is 0.682. The molecule has 0 aliphatic carbocycles. The van der Waals surface area contributed by atoms with E-state index in [9.17, 15) is 9.59 Å². The third kappa shape index (κ3) is 5.23. The van der Waals surface area contributed by atoms with Gasteiger partial charge in [-0.2, -0.15) is 0 Å². The summed E-state index contributed by atoms with van der Waals surface area (Å²) in [5.74, 6) is -0.320. The number of carbonyl (C=O) groups excluding carboxylic acids is 2. The maximum absolute atomic E-state index is 12.7. The van der Waals surface area contributed by atoms with E-state index in [1.54, 1.807) is 48.5 Å². The Morgan fingerprint density at radius 2 is 1.50 bits per heavy atom. The Hall–Kier alpha value is -2.12. The first kappa shape index (κ1) is 22.2. The van der Waals surface area contributed by atoms with E-state index in [0.717, 1.165) is 0 Å². The van der Waals surface area contributed by atoms with Gasteiger partial charge in [-0.25, -0.2) is 0 Å². The van der Waals surface area contributed by atoms with Gasteiger partial charge in [-0.15, -0.1) is 12.4 Å². The summed E-state index contributed by atoms with van der Waals surface area (Å²) in [6, 6.07) is 13.6. The zero-order valence-corrected chi connectivity index (χ0v) is 16.8.